The minimum atomic E-state index is -3.66. The van der Waals surface area contributed by atoms with Crippen LogP contribution in [-0.2, 0) is 10.0 Å². The van der Waals surface area contributed by atoms with Crippen molar-refractivity contribution in [1.82, 2.24) is 8.96 Å². The van der Waals surface area contributed by atoms with Gasteiger partial charge in [-0.15, -0.1) is 0 Å². The molecule has 4 nitrogen and oxygen atoms in total. The number of halogens is 1. The third-order valence-corrected chi connectivity index (χ3v) is 4.58. The quantitative estimate of drug-likeness (QED) is 0.682. The number of pyridine rings is 1. The van der Waals surface area contributed by atoms with Crippen LogP contribution >= 0.6 is 11.6 Å². The molecule has 0 spiro atoms. The molecule has 1 radical (unpaired) electrons. The van der Waals surface area contributed by atoms with E-state index in [2.05, 4.69) is 11.2 Å². The molecular formula is C13H8ClN2O2S. The number of aromatic nitrogens is 2. The summed E-state index contributed by atoms with van der Waals surface area (Å²) in [6, 6.07) is 11.4. The Labute approximate surface area is 115 Å². The van der Waals surface area contributed by atoms with E-state index in [1.165, 1.54) is 6.20 Å². The number of hydrogen-bond acceptors (Lipinski definition) is 3. The molecule has 0 aliphatic rings. The normalized spacial score (nSPS) is 11.8. The number of benzene rings is 1. The van der Waals surface area contributed by atoms with Gasteiger partial charge in [0.2, 0.25) is 0 Å². The molecular weight excluding hydrogens is 284 g/mol. The first-order valence-corrected chi connectivity index (χ1v) is 7.26. The van der Waals surface area contributed by atoms with Crippen LogP contribution in [0.25, 0.3) is 10.9 Å². The van der Waals surface area contributed by atoms with Crippen LogP contribution in [0.15, 0.2) is 53.6 Å². The molecule has 3 rings (SSSR count). The van der Waals surface area contributed by atoms with Gasteiger partial charge in [0.25, 0.3) is 10.0 Å². The maximum absolute atomic E-state index is 12.5. The van der Waals surface area contributed by atoms with Crippen LogP contribution in [0.4, 0.5) is 0 Å². The summed E-state index contributed by atoms with van der Waals surface area (Å²) < 4.78 is 26.0. The highest BCUT2D eigenvalue weighted by Crippen LogP contribution is 2.22. The average molecular weight is 292 g/mol. The van der Waals surface area contributed by atoms with Gasteiger partial charge in [-0.05, 0) is 24.3 Å². The van der Waals surface area contributed by atoms with Crippen molar-refractivity contribution >= 4 is 32.5 Å². The van der Waals surface area contributed by atoms with Crippen molar-refractivity contribution in [3.8, 4) is 0 Å². The summed E-state index contributed by atoms with van der Waals surface area (Å²) in [7, 11) is -3.66. The van der Waals surface area contributed by atoms with Crippen molar-refractivity contribution in [2.24, 2.45) is 0 Å². The summed E-state index contributed by atoms with van der Waals surface area (Å²) in [5.41, 5.74) is 0.452. The van der Waals surface area contributed by atoms with Gasteiger partial charge in [-0.3, -0.25) is 0 Å². The molecule has 95 valence electrons. The fourth-order valence-electron chi connectivity index (χ4n) is 1.82. The lowest BCUT2D eigenvalue weighted by molar-refractivity contribution is 0.589. The zero-order chi connectivity index (χ0) is 13.5. The maximum Gasteiger partial charge on any atom is 0.268 e. The van der Waals surface area contributed by atoms with Crippen molar-refractivity contribution in [2.75, 3.05) is 0 Å². The van der Waals surface area contributed by atoms with Crippen LogP contribution in [0.1, 0.15) is 0 Å². The van der Waals surface area contributed by atoms with Crippen molar-refractivity contribution in [2.45, 2.75) is 4.90 Å². The molecule has 3 aromatic rings. The molecule has 1 aromatic carbocycles. The minimum absolute atomic E-state index is 0.207. The second-order valence-corrected chi connectivity index (χ2v) is 6.10. The highest BCUT2D eigenvalue weighted by molar-refractivity contribution is 7.90. The van der Waals surface area contributed by atoms with Crippen LogP contribution < -0.4 is 0 Å². The Morgan fingerprint density at radius 2 is 1.95 bits per heavy atom. The largest absolute Gasteiger partial charge is 0.268 e. The minimum Gasteiger partial charge on any atom is -0.242 e. The summed E-state index contributed by atoms with van der Waals surface area (Å²) in [4.78, 5) is 4.11. The Kier molecular flexibility index (Phi) is 2.80. The first-order chi connectivity index (χ1) is 9.09. The monoisotopic (exact) mass is 291 g/mol. The molecule has 0 N–H and O–H groups in total. The smallest absolute Gasteiger partial charge is 0.242 e. The average Bonchev–Trinajstić information content (AvgIpc) is 2.83. The van der Waals surface area contributed by atoms with E-state index in [1.54, 1.807) is 42.5 Å². The van der Waals surface area contributed by atoms with Gasteiger partial charge in [0.1, 0.15) is 5.15 Å². The van der Waals surface area contributed by atoms with Crippen LogP contribution in [0.5, 0.6) is 0 Å². The highest BCUT2D eigenvalue weighted by Gasteiger charge is 2.18. The standard InChI is InChI=1S/C13H8ClN2O2S/c14-13-8-10-6-7-16(12(10)9-15-13)19(17,18)11-4-2-1-3-5-11/h1-6,8-9H. The van der Waals surface area contributed by atoms with Gasteiger partial charge in [-0.1, -0.05) is 29.8 Å². The molecule has 0 saturated heterocycles. The number of nitrogens with zero attached hydrogens (tertiary/aromatic N) is 2. The molecule has 0 aliphatic carbocycles. The van der Waals surface area contributed by atoms with E-state index in [9.17, 15) is 8.42 Å². The van der Waals surface area contributed by atoms with E-state index >= 15 is 0 Å². The topological polar surface area (TPSA) is 52.0 Å². The molecule has 0 bridgehead atoms. The highest BCUT2D eigenvalue weighted by atomic mass is 35.5. The van der Waals surface area contributed by atoms with Crippen LogP contribution in [0.2, 0.25) is 5.15 Å². The first kappa shape index (κ1) is 12.2. The third-order valence-electron chi connectivity index (χ3n) is 2.72. The molecule has 0 aliphatic heterocycles. The Morgan fingerprint density at radius 3 is 2.68 bits per heavy atom. The van der Waals surface area contributed by atoms with Crippen LogP contribution in [0.3, 0.4) is 0 Å². The molecule has 0 amide bonds. The second-order valence-electron chi connectivity index (χ2n) is 3.92. The first-order valence-electron chi connectivity index (χ1n) is 5.44. The SMILES string of the molecule is O=S(=O)(c1ccccc1)n1[c]cc2cc(Cl)ncc21. The molecule has 2 heterocycles. The predicted molar refractivity (Wildman–Crippen MR) is 72.6 cm³/mol. The Bertz CT molecular complexity index is 841. The fourth-order valence-corrected chi connectivity index (χ4v) is 3.30. The van der Waals surface area contributed by atoms with E-state index in [-0.39, 0.29) is 4.90 Å². The molecule has 0 saturated carbocycles. The van der Waals surface area contributed by atoms with Crippen LogP contribution in [-0.4, -0.2) is 17.4 Å². The molecule has 0 atom stereocenters. The zero-order valence-corrected chi connectivity index (χ0v) is 11.2. The summed E-state index contributed by atoms with van der Waals surface area (Å²) >= 11 is 5.78. The van der Waals surface area contributed by atoms with Gasteiger partial charge in [0.15, 0.2) is 0 Å². The molecule has 0 unspecified atom stereocenters. The number of hydrogen-bond donors (Lipinski definition) is 0. The van der Waals surface area contributed by atoms with Crippen molar-refractivity contribution in [3.63, 3.8) is 0 Å². The van der Waals surface area contributed by atoms with E-state index in [4.69, 9.17) is 11.6 Å². The van der Waals surface area contributed by atoms with Gasteiger partial charge >= 0.3 is 0 Å². The Balaban J connectivity index is 2.25. The van der Waals surface area contributed by atoms with Gasteiger partial charge in [-0.2, -0.15) is 0 Å². The molecule has 6 heteroatoms. The third kappa shape index (κ3) is 2.01. The summed E-state index contributed by atoms with van der Waals surface area (Å²) in [6.45, 7) is 0. The lowest BCUT2D eigenvalue weighted by Crippen LogP contribution is -2.11. The van der Waals surface area contributed by atoms with E-state index < -0.39 is 10.0 Å². The van der Waals surface area contributed by atoms with E-state index in [1.807, 2.05) is 0 Å². The number of fused-ring (bicyclic) bond motifs is 1. The van der Waals surface area contributed by atoms with Gasteiger partial charge in [0.05, 0.1) is 22.8 Å². The van der Waals surface area contributed by atoms with Crippen molar-refractivity contribution < 1.29 is 8.42 Å². The summed E-state index contributed by atoms with van der Waals surface area (Å²) in [6.07, 6.45) is 4.14. The van der Waals surface area contributed by atoms with Gasteiger partial charge < -0.3 is 0 Å². The van der Waals surface area contributed by atoms with Crippen molar-refractivity contribution in [1.29, 1.82) is 0 Å². The predicted octanol–water partition coefficient (Wildman–Crippen LogP) is 2.73. The Morgan fingerprint density at radius 1 is 1.21 bits per heavy atom. The molecule has 19 heavy (non-hydrogen) atoms. The van der Waals surface area contributed by atoms with Crippen molar-refractivity contribution in [3.05, 3.63) is 60.0 Å². The van der Waals surface area contributed by atoms with Crippen LogP contribution in [0, 0.1) is 6.20 Å². The lowest BCUT2D eigenvalue weighted by Gasteiger charge is -2.06. The molecule has 2 aromatic heterocycles. The second kappa shape index (κ2) is 4.36. The van der Waals surface area contributed by atoms with E-state index in [0.717, 1.165) is 3.97 Å². The zero-order valence-electron chi connectivity index (χ0n) is 9.62. The van der Waals surface area contributed by atoms with Gasteiger partial charge in [-0.25, -0.2) is 17.4 Å². The van der Waals surface area contributed by atoms with E-state index in [0.29, 0.717) is 16.1 Å². The van der Waals surface area contributed by atoms with Gasteiger partial charge in [0, 0.05) is 5.39 Å². The lowest BCUT2D eigenvalue weighted by atomic mass is 10.3. The maximum atomic E-state index is 12.5. The summed E-state index contributed by atoms with van der Waals surface area (Å²) in [5.74, 6) is 0. The Hall–Kier alpha value is -1.85. The number of rotatable bonds is 2. The fraction of sp³-hybridized carbons (Fsp3) is 0. The molecule has 0 fully saturated rings. The summed E-state index contributed by atoms with van der Waals surface area (Å²) in [5, 5.41) is 0.996.